The Morgan fingerprint density at radius 1 is 1.50 bits per heavy atom. The van der Waals surface area contributed by atoms with Crippen LogP contribution in [0.1, 0.15) is 26.7 Å². The van der Waals surface area contributed by atoms with Crippen molar-refractivity contribution < 1.29 is 0 Å². The van der Waals surface area contributed by atoms with Crippen molar-refractivity contribution >= 4 is 0 Å². The van der Waals surface area contributed by atoms with Gasteiger partial charge < -0.3 is 4.90 Å². The van der Waals surface area contributed by atoms with Gasteiger partial charge in [-0.05, 0) is 26.8 Å². The molecular formula is C9H17N. The molecule has 0 aromatic carbocycles. The van der Waals surface area contributed by atoms with Gasteiger partial charge in [-0.3, -0.25) is 0 Å². The molecule has 0 spiro atoms. The highest BCUT2D eigenvalue weighted by Gasteiger charge is 2.10. The van der Waals surface area contributed by atoms with Crippen molar-refractivity contribution in [2.24, 2.45) is 0 Å². The maximum absolute atomic E-state index is 2.38. The molecule has 0 saturated carbocycles. The SMILES string of the molecule is CCC1=C(C)CN(C)CC1. The Morgan fingerprint density at radius 2 is 2.20 bits per heavy atom. The van der Waals surface area contributed by atoms with Crippen molar-refractivity contribution in [1.82, 2.24) is 4.90 Å². The van der Waals surface area contributed by atoms with Gasteiger partial charge in [0.15, 0.2) is 0 Å². The van der Waals surface area contributed by atoms with Crippen LogP contribution in [-0.4, -0.2) is 25.0 Å². The van der Waals surface area contributed by atoms with E-state index >= 15 is 0 Å². The largest absolute Gasteiger partial charge is 0.302 e. The van der Waals surface area contributed by atoms with Crippen molar-refractivity contribution in [3.05, 3.63) is 11.1 Å². The van der Waals surface area contributed by atoms with Gasteiger partial charge in [-0.25, -0.2) is 0 Å². The number of likely N-dealkylation sites (N-methyl/N-ethyl adjacent to an activating group) is 1. The second kappa shape index (κ2) is 3.20. The zero-order valence-corrected chi connectivity index (χ0v) is 7.28. The van der Waals surface area contributed by atoms with E-state index < -0.39 is 0 Å². The van der Waals surface area contributed by atoms with Gasteiger partial charge in [-0.2, -0.15) is 0 Å². The van der Waals surface area contributed by atoms with Crippen LogP contribution in [0.15, 0.2) is 11.1 Å². The Bertz CT molecular complexity index is 147. The van der Waals surface area contributed by atoms with Gasteiger partial charge in [0.2, 0.25) is 0 Å². The lowest BCUT2D eigenvalue weighted by atomic mass is 10.00. The molecule has 0 atom stereocenters. The Balaban J connectivity index is 2.61. The zero-order chi connectivity index (χ0) is 7.56. The number of rotatable bonds is 1. The first kappa shape index (κ1) is 7.80. The molecule has 58 valence electrons. The summed E-state index contributed by atoms with van der Waals surface area (Å²) in [7, 11) is 2.19. The van der Waals surface area contributed by atoms with E-state index in [1.165, 1.54) is 25.9 Å². The number of hydrogen-bond acceptors (Lipinski definition) is 1. The van der Waals surface area contributed by atoms with Crippen molar-refractivity contribution in [2.75, 3.05) is 20.1 Å². The molecule has 0 amide bonds. The van der Waals surface area contributed by atoms with E-state index in [1.54, 1.807) is 11.1 Å². The Hall–Kier alpha value is -0.300. The lowest BCUT2D eigenvalue weighted by molar-refractivity contribution is 0.345. The maximum atomic E-state index is 2.38. The normalized spacial score (nSPS) is 21.9. The van der Waals surface area contributed by atoms with Gasteiger partial charge in [0.1, 0.15) is 0 Å². The molecule has 10 heavy (non-hydrogen) atoms. The first-order valence-corrected chi connectivity index (χ1v) is 4.10. The van der Waals surface area contributed by atoms with Gasteiger partial charge in [-0.15, -0.1) is 0 Å². The molecule has 0 saturated heterocycles. The van der Waals surface area contributed by atoms with Crippen LogP contribution in [0.25, 0.3) is 0 Å². The van der Waals surface area contributed by atoms with Crippen molar-refractivity contribution in [2.45, 2.75) is 26.7 Å². The highest BCUT2D eigenvalue weighted by Crippen LogP contribution is 2.18. The predicted octanol–water partition coefficient (Wildman–Crippen LogP) is 2.05. The summed E-state index contributed by atoms with van der Waals surface area (Å²) in [5, 5.41) is 0. The molecule has 1 nitrogen and oxygen atoms in total. The van der Waals surface area contributed by atoms with Crippen molar-refractivity contribution in [3.8, 4) is 0 Å². The Morgan fingerprint density at radius 3 is 2.70 bits per heavy atom. The molecule has 1 heteroatoms. The van der Waals surface area contributed by atoms with Crippen molar-refractivity contribution in [3.63, 3.8) is 0 Å². The summed E-state index contributed by atoms with van der Waals surface area (Å²) in [6.45, 7) is 6.95. The highest BCUT2D eigenvalue weighted by atomic mass is 15.1. The number of nitrogens with zero attached hydrogens (tertiary/aromatic N) is 1. The second-order valence-corrected chi connectivity index (χ2v) is 3.23. The average Bonchev–Trinajstić information content (AvgIpc) is 1.88. The van der Waals surface area contributed by atoms with Crippen LogP contribution < -0.4 is 0 Å². The van der Waals surface area contributed by atoms with E-state index in [0.717, 1.165) is 0 Å². The smallest absolute Gasteiger partial charge is 0.0189 e. The minimum absolute atomic E-state index is 1.18. The third-order valence-corrected chi connectivity index (χ3v) is 2.33. The van der Waals surface area contributed by atoms with Crippen LogP contribution in [-0.2, 0) is 0 Å². The molecule has 0 N–H and O–H groups in total. The molecule has 0 unspecified atom stereocenters. The van der Waals surface area contributed by atoms with E-state index in [-0.39, 0.29) is 0 Å². The standard InChI is InChI=1S/C9H17N/c1-4-9-5-6-10(3)7-8(9)2/h4-7H2,1-3H3. The van der Waals surface area contributed by atoms with E-state index in [4.69, 9.17) is 0 Å². The van der Waals surface area contributed by atoms with E-state index in [2.05, 4.69) is 25.8 Å². The van der Waals surface area contributed by atoms with Gasteiger partial charge in [0, 0.05) is 13.1 Å². The zero-order valence-electron chi connectivity index (χ0n) is 7.28. The third-order valence-electron chi connectivity index (χ3n) is 2.33. The van der Waals surface area contributed by atoms with Crippen LogP contribution >= 0.6 is 0 Å². The first-order chi connectivity index (χ1) is 4.74. The fraction of sp³-hybridized carbons (Fsp3) is 0.778. The molecular weight excluding hydrogens is 122 g/mol. The van der Waals surface area contributed by atoms with Gasteiger partial charge in [-0.1, -0.05) is 18.1 Å². The van der Waals surface area contributed by atoms with Gasteiger partial charge >= 0.3 is 0 Å². The molecule has 0 radical (unpaired) electrons. The Kier molecular flexibility index (Phi) is 2.50. The molecule has 1 aliphatic rings. The molecule has 1 rings (SSSR count). The quantitative estimate of drug-likeness (QED) is 0.502. The van der Waals surface area contributed by atoms with E-state index in [0.29, 0.717) is 0 Å². The summed E-state index contributed by atoms with van der Waals surface area (Å²) in [4.78, 5) is 2.38. The summed E-state index contributed by atoms with van der Waals surface area (Å²) in [6, 6.07) is 0. The summed E-state index contributed by atoms with van der Waals surface area (Å²) < 4.78 is 0. The van der Waals surface area contributed by atoms with Crippen LogP contribution in [0.4, 0.5) is 0 Å². The topological polar surface area (TPSA) is 3.24 Å². The monoisotopic (exact) mass is 139 g/mol. The highest BCUT2D eigenvalue weighted by molar-refractivity contribution is 5.16. The van der Waals surface area contributed by atoms with Crippen LogP contribution in [0.3, 0.4) is 0 Å². The Labute approximate surface area is 63.7 Å². The number of hydrogen-bond donors (Lipinski definition) is 0. The van der Waals surface area contributed by atoms with Crippen LogP contribution in [0.5, 0.6) is 0 Å². The lowest BCUT2D eigenvalue weighted by Gasteiger charge is -2.25. The third kappa shape index (κ3) is 1.60. The minimum Gasteiger partial charge on any atom is -0.302 e. The van der Waals surface area contributed by atoms with Crippen molar-refractivity contribution in [1.29, 1.82) is 0 Å². The van der Waals surface area contributed by atoms with Crippen LogP contribution in [0, 0.1) is 0 Å². The summed E-state index contributed by atoms with van der Waals surface area (Å²) in [5.41, 5.74) is 3.27. The van der Waals surface area contributed by atoms with E-state index in [9.17, 15) is 0 Å². The first-order valence-electron chi connectivity index (χ1n) is 4.10. The molecule has 0 aromatic rings. The van der Waals surface area contributed by atoms with E-state index in [1.807, 2.05) is 0 Å². The van der Waals surface area contributed by atoms with Gasteiger partial charge in [0.05, 0.1) is 0 Å². The fourth-order valence-electron chi connectivity index (χ4n) is 1.61. The van der Waals surface area contributed by atoms with Crippen LogP contribution in [0.2, 0.25) is 0 Å². The average molecular weight is 139 g/mol. The summed E-state index contributed by atoms with van der Waals surface area (Å²) >= 11 is 0. The molecule has 1 aliphatic heterocycles. The molecule has 0 aromatic heterocycles. The maximum Gasteiger partial charge on any atom is 0.0189 e. The summed E-state index contributed by atoms with van der Waals surface area (Å²) in [6.07, 6.45) is 2.54. The second-order valence-electron chi connectivity index (χ2n) is 3.23. The molecule has 0 bridgehead atoms. The molecule has 0 fully saturated rings. The minimum atomic E-state index is 1.18. The molecule has 1 heterocycles. The molecule has 0 aliphatic carbocycles. The fourth-order valence-corrected chi connectivity index (χ4v) is 1.61. The lowest BCUT2D eigenvalue weighted by Crippen LogP contribution is -2.26. The predicted molar refractivity (Wildman–Crippen MR) is 45.1 cm³/mol. The van der Waals surface area contributed by atoms with Gasteiger partial charge in [0.25, 0.3) is 0 Å². The summed E-state index contributed by atoms with van der Waals surface area (Å²) in [5.74, 6) is 0.